The standard InChI is InChI=1S/2C13H15ClN2S.C12H13ClN2S/c1-8-7-11(14)5-6-12(8)15-13-16(4)9(2)10(3)17-13;1-4-11-8-16(3)13(17-11)15-12-6-5-10(14)7-9(12)2;1-8-6-10(13)4-5-11(8)14-12-15(3)7-9(2)16-12/h5-7H,1-4H3;5-8H,4H2,1-3H3;4-7H,1-3H3. The van der Waals surface area contributed by atoms with Gasteiger partial charge in [-0.2, -0.15) is 0 Å². The van der Waals surface area contributed by atoms with Crippen molar-refractivity contribution in [2.24, 2.45) is 36.1 Å². The molecule has 6 aromatic rings. The van der Waals surface area contributed by atoms with E-state index in [9.17, 15) is 0 Å². The van der Waals surface area contributed by atoms with Gasteiger partial charge in [0.05, 0.1) is 17.1 Å². The van der Waals surface area contributed by atoms with Crippen molar-refractivity contribution >= 4 is 85.9 Å². The van der Waals surface area contributed by atoms with Gasteiger partial charge in [0.1, 0.15) is 0 Å². The van der Waals surface area contributed by atoms with Crippen molar-refractivity contribution < 1.29 is 0 Å². The smallest absolute Gasteiger partial charge is 0.190 e. The number of benzene rings is 3. The Kier molecular flexibility index (Phi) is 14.1. The Morgan fingerprint density at radius 3 is 1.32 bits per heavy atom. The van der Waals surface area contributed by atoms with Crippen LogP contribution in [0.4, 0.5) is 17.1 Å². The largest absolute Gasteiger partial charge is 0.326 e. The molecule has 6 rings (SSSR count). The molecule has 3 heterocycles. The maximum Gasteiger partial charge on any atom is 0.190 e. The minimum Gasteiger partial charge on any atom is -0.326 e. The van der Waals surface area contributed by atoms with Crippen molar-refractivity contribution in [3.8, 4) is 0 Å². The SMILES string of the molecule is CCc1cn(C)c(=Nc2ccc(Cl)cc2C)s1.Cc1cc(Cl)ccc1N=c1sc(C)c(C)n1C.Cc1cn(C)c(=Nc2ccc(Cl)cc2C)s1. The molecular formula is C38H43Cl3N6S3. The maximum absolute atomic E-state index is 5.94. The van der Waals surface area contributed by atoms with E-state index in [1.165, 1.54) is 20.3 Å². The van der Waals surface area contributed by atoms with Gasteiger partial charge in [-0.05, 0) is 119 Å². The molecule has 0 saturated carbocycles. The predicted molar refractivity (Wildman–Crippen MR) is 218 cm³/mol. The van der Waals surface area contributed by atoms with E-state index in [1.54, 1.807) is 34.0 Å². The lowest BCUT2D eigenvalue weighted by molar-refractivity contribution is 0.829. The number of aryl methyl sites for hydroxylation is 8. The van der Waals surface area contributed by atoms with E-state index < -0.39 is 0 Å². The van der Waals surface area contributed by atoms with Gasteiger partial charge in [0, 0.05) is 68.9 Å². The molecule has 50 heavy (non-hydrogen) atoms. The van der Waals surface area contributed by atoms with Gasteiger partial charge in [-0.1, -0.05) is 41.7 Å². The second kappa shape index (κ2) is 17.8. The quantitative estimate of drug-likeness (QED) is 0.171. The summed E-state index contributed by atoms with van der Waals surface area (Å²) in [4.78, 5) is 20.9. The number of nitrogens with zero attached hydrogens (tertiary/aromatic N) is 6. The Morgan fingerprint density at radius 2 is 0.980 bits per heavy atom. The third kappa shape index (κ3) is 10.7. The highest BCUT2D eigenvalue weighted by Gasteiger charge is 2.04. The number of rotatable bonds is 4. The van der Waals surface area contributed by atoms with Crippen molar-refractivity contribution in [3.63, 3.8) is 0 Å². The van der Waals surface area contributed by atoms with Crippen LogP contribution in [0.25, 0.3) is 0 Å². The van der Waals surface area contributed by atoms with Gasteiger partial charge in [0.25, 0.3) is 0 Å². The summed E-state index contributed by atoms with van der Waals surface area (Å²) in [6.07, 6.45) is 5.26. The van der Waals surface area contributed by atoms with Crippen LogP contribution in [0.1, 0.15) is 43.9 Å². The molecule has 0 spiro atoms. The maximum atomic E-state index is 5.94. The lowest BCUT2D eigenvalue weighted by Crippen LogP contribution is -2.10. The summed E-state index contributed by atoms with van der Waals surface area (Å²) in [6.45, 7) is 14.5. The van der Waals surface area contributed by atoms with E-state index in [-0.39, 0.29) is 0 Å². The molecule has 0 unspecified atom stereocenters. The molecule has 0 amide bonds. The van der Waals surface area contributed by atoms with Gasteiger partial charge in [0.2, 0.25) is 0 Å². The molecule has 0 aliphatic carbocycles. The summed E-state index contributed by atoms with van der Waals surface area (Å²) in [5.41, 5.74) is 7.49. The summed E-state index contributed by atoms with van der Waals surface area (Å²) in [5.74, 6) is 0. The Labute approximate surface area is 322 Å². The molecule has 264 valence electrons. The normalized spacial score (nSPS) is 12.1. The molecule has 0 saturated heterocycles. The first-order valence-electron chi connectivity index (χ1n) is 16.0. The van der Waals surface area contributed by atoms with Crippen LogP contribution < -0.4 is 14.4 Å². The Morgan fingerprint density at radius 1 is 0.560 bits per heavy atom. The van der Waals surface area contributed by atoms with Crippen LogP contribution in [0, 0.1) is 41.5 Å². The fourth-order valence-electron chi connectivity index (χ4n) is 4.72. The second-order valence-corrected chi connectivity index (χ2v) is 16.7. The van der Waals surface area contributed by atoms with Crippen molar-refractivity contribution in [1.29, 1.82) is 0 Å². The van der Waals surface area contributed by atoms with Gasteiger partial charge in [0.15, 0.2) is 14.4 Å². The van der Waals surface area contributed by atoms with Gasteiger partial charge < -0.3 is 13.7 Å². The van der Waals surface area contributed by atoms with Crippen LogP contribution >= 0.6 is 68.8 Å². The Bertz CT molecular complexity index is 2310. The first kappa shape index (κ1) is 39.6. The Balaban J connectivity index is 0.000000169. The lowest BCUT2D eigenvalue weighted by Gasteiger charge is -2.00. The number of aromatic nitrogens is 3. The minimum absolute atomic E-state index is 0.753. The van der Waals surface area contributed by atoms with Crippen LogP contribution in [0.15, 0.2) is 82.0 Å². The molecule has 0 atom stereocenters. The Hall–Kier alpha value is -3.18. The zero-order chi connectivity index (χ0) is 36.7. The summed E-state index contributed by atoms with van der Waals surface area (Å²) in [5, 5.41) is 2.26. The highest BCUT2D eigenvalue weighted by Crippen LogP contribution is 2.24. The van der Waals surface area contributed by atoms with Crippen LogP contribution in [-0.2, 0) is 27.6 Å². The monoisotopic (exact) mass is 784 g/mol. The molecule has 0 aliphatic heterocycles. The van der Waals surface area contributed by atoms with Crippen molar-refractivity contribution in [1.82, 2.24) is 13.7 Å². The van der Waals surface area contributed by atoms with Gasteiger partial charge >= 0.3 is 0 Å². The molecule has 6 nitrogen and oxygen atoms in total. The molecule has 0 N–H and O–H groups in total. The third-order valence-corrected chi connectivity index (χ3v) is 11.9. The third-order valence-electron chi connectivity index (χ3n) is 7.81. The first-order valence-corrected chi connectivity index (χ1v) is 19.6. The summed E-state index contributed by atoms with van der Waals surface area (Å²) in [7, 11) is 6.08. The van der Waals surface area contributed by atoms with E-state index in [1.807, 2.05) is 101 Å². The first-order chi connectivity index (χ1) is 23.6. The zero-order valence-electron chi connectivity index (χ0n) is 30.1. The summed E-state index contributed by atoms with van der Waals surface area (Å²) < 4.78 is 6.22. The van der Waals surface area contributed by atoms with Gasteiger partial charge in [-0.25, -0.2) is 15.0 Å². The highest BCUT2D eigenvalue weighted by atomic mass is 35.5. The van der Waals surface area contributed by atoms with Crippen molar-refractivity contribution in [2.45, 2.75) is 54.9 Å². The summed E-state index contributed by atoms with van der Waals surface area (Å²) in [6, 6.07) is 17.3. The van der Waals surface area contributed by atoms with Gasteiger partial charge in [-0.15, -0.1) is 34.0 Å². The van der Waals surface area contributed by atoms with Crippen LogP contribution in [-0.4, -0.2) is 13.7 Å². The van der Waals surface area contributed by atoms with Crippen LogP contribution in [0.3, 0.4) is 0 Å². The number of thiazole rings is 3. The average Bonchev–Trinajstić information content (AvgIpc) is 3.66. The molecule has 3 aromatic carbocycles. The molecule has 3 aromatic heterocycles. The topological polar surface area (TPSA) is 51.9 Å². The minimum atomic E-state index is 0.753. The second-order valence-electron chi connectivity index (χ2n) is 11.9. The average molecular weight is 786 g/mol. The molecule has 12 heteroatoms. The van der Waals surface area contributed by atoms with E-state index in [0.29, 0.717) is 0 Å². The molecular weight excluding hydrogens is 743 g/mol. The van der Waals surface area contributed by atoms with E-state index in [0.717, 1.165) is 69.6 Å². The van der Waals surface area contributed by atoms with Gasteiger partial charge in [-0.3, -0.25) is 0 Å². The number of halogens is 3. The lowest BCUT2D eigenvalue weighted by atomic mass is 10.2. The molecule has 0 bridgehead atoms. The number of hydrogen-bond acceptors (Lipinski definition) is 6. The van der Waals surface area contributed by atoms with Crippen molar-refractivity contribution in [3.05, 3.63) is 133 Å². The van der Waals surface area contributed by atoms with E-state index in [4.69, 9.17) is 34.8 Å². The predicted octanol–water partition coefficient (Wildman–Crippen LogP) is 11.3. The van der Waals surface area contributed by atoms with Crippen LogP contribution in [0.5, 0.6) is 0 Å². The molecule has 0 fully saturated rings. The van der Waals surface area contributed by atoms with E-state index >= 15 is 0 Å². The number of hydrogen-bond donors (Lipinski definition) is 0. The van der Waals surface area contributed by atoms with E-state index in [2.05, 4.69) is 64.2 Å². The fourth-order valence-corrected chi connectivity index (χ4v) is 8.15. The van der Waals surface area contributed by atoms with Crippen LogP contribution in [0.2, 0.25) is 15.1 Å². The van der Waals surface area contributed by atoms with Crippen molar-refractivity contribution in [2.75, 3.05) is 0 Å². The highest BCUT2D eigenvalue weighted by molar-refractivity contribution is 7.09. The molecule has 0 aliphatic rings. The fraction of sp³-hybridized carbons (Fsp3) is 0.289. The molecule has 0 radical (unpaired) electrons. The zero-order valence-corrected chi connectivity index (χ0v) is 34.8. The summed E-state index contributed by atoms with van der Waals surface area (Å²) >= 11 is 22.9.